The number of carbonyl (C=O) groups excluding carboxylic acids is 1. The smallest absolute Gasteiger partial charge is 0.339 e. The number of amides is 1. The average molecular weight is 361 g/mol. The van der Waals surface area contributed by atoms with Crippen LogP contribution < -0.4 is 14.4 Å². The first-order valence-corrected chi connectivity index (χ1v) is 7.52. The number of carbonyl (C=O) groups is 2. The van der Waals surface area contributed by atoms with Gasteiger partial charge in [-0.15, -0.1) is 0 Å². The van der Waals surface area contributed by atoms with Gasteiger partial charge in [0.1, 0.15) is 5.56 Å². The number of carboxylic acids is 1. The molecule has 0 aliphatic carbocycles. The van der Waals surface area contributed by atoms with Gasteiger partial charge in [0, 0.05) is 7.05 Å². The fourth-order valence-corrected chi connectivity index (χ4v) is 2.59. The van der Waals surface area contributed by atoms with Crippen LogP contribution in [0.25, 0.3) is 0 Å². The molecule has 0 saturated heterocycles. The molecule has 2 aromatic carbocycles. The summed E-state index contributed by atoms with van der Waals surface area (Å²) in [5.74, 6) is -2.82. The van der Waals surface area contributed by atoms with Crippen molar-refractivity contribution in [3.63, 3.8) is 0 Å². The Bertz CT molecular complexity index is 876. The lowest BCUT2D eigenvalue weighted by Gasteiger charge is -2.22. The number of anilines is 1. The molecule has 2 rings (SSSR count). The van der Waals surface area contributed by atoms with Crippen molar-refractivity contribution >= 4 is 17.6 Å². The van der Waals surface area contributed by atoms with Crippen LogP contribution in [0.4, 0.5) is 5.69 Å². The van der Waals surface area contributed by atoms with Gasteiger partial charge in [0.2, 0.25) is 0 Å². The van der Waals surface area contributed by atoms with Crippen LogP contribution >= 0.6 is 0 Å². The Morgan fingerprint density at radius 1 is 0.923 bits per heavy atom. The second-order valence-electron chi connectivity index (χ2n) is 5.50. The van der Waals surface area contributed by atoms with E-state index in [0.29, 0.717) is 5.56 Å². The van der Waals surface area contributed by atoms with Gasteiger partial charge in [0.25, 0.3) is 5.91 Å². The van der Waals surface area contributed by atoms with Crippen LogP contribution in [0.2, 0.25) is 0 Å². The van der Waals surface area contributed by atoms with Crippen LogP contribution in [0.5, 0.6) is 23.0 Å². The first kappa shape index (κ1) is 18.9. The molecule has 138 valence electrons. The first-order chi connectivity index (χ1) is 12.2. The minimum Gasteiger partial charge on any atom is -0.504 e. The lowest BCUT2D eigenvalue weighted by atomic mass is 10.1. The highest BCUT2D eigenvalue weighted by Gasteiger charge is 2.26. The molecular weight excluding hydrogens is 342 g/mol. The fourth-order valence-electron chi connectivity index (χ4n) is 2.59. The Morgan fingerprint density at radius 2 is 1.46 bits per heavy atom. The summed E-state index contributed by atoms with van der Waals surface area (Å²) in [7, 11) is 4.03. The quantitative estimate of drug-likeness (QED) is 0.748. The van der Waals surface area contributed by atoms with Gasteiger partial charge in [0.05, 0.1) is 25.5 Å². The molecular formula is C18H19NO7. The number of rotatable bonds is 5. The van der Waals surface area contributed by atoms with Gasteiger partial charge < -0.3 is 29.7 Å². The fraction of sp³-hybridized carbons (Fsp3) is 0.222. The Labute approximate surface area is 149 Å². The molecule has 0 saturated carbocycles. The highest BCUT2D eigenvalue weighted by atomic mass is 16.5. The molecule has 0 aliphatic rings. The van der Waals surface area contributed by atoms with Crippen LogP contribution in [-0.2, 0) is 0 Å². The van der Waals surface area contributed by atoms with Gasteiger partial charge in [-0.05, 0) is 30.7 Å². The number of aromatic carboxylic acids is 1. The summed E-state index contributed by atoms with van der Waals surface area (Å²) in [6, 6.07) is 5.57. The average Bonchev–Trinajstić information content (AvgIpc) is 2.60. The standard InChI is InChI=1S/C18H19NO7/c1-9-5-6-10(13(20)15(9)25-3)17(22)19(2)12-8-7-11(18(23)24)14(21)16(12)26-4/h5-8,20-21H,1-4H3,(H,23,24). The molecule has 0 bridgehead atoms. The van der Waals surface area contributed by atoms with Gasteiger partial charge in [-0.25, -0.2) is 4.79 Å². The van der Waals surface area contributed by atoms with Gasteiger partial charge in [0.15, 0.2) is 23.0 Å². The van der Waals surface area contributed by atoms with Gasteiger partial charge in [-0.2, -0.15) is 0 Å². The molecule has 1 amide bonds. The minimum absolute atomic E-state index is 0.0150. The van der Waals surface area contributed by atoms with E-state index in [0.717, 1.165) is 11.0 Å². The van der Waals surface area contributed by atoms with Crippen LogP contribution in [0, 0.1) is 6.92 Å². The highest BCUT2D eigenvalue weighted by molar-refractivity contribution is 6.09. The number of aryl methyl sites for hydroxylation is 1. The monoisotopic (exact) mass is 361 g/mol. The summed E-state index contributed by atoms with van der Waals surface area (Å²) in [4.78, 5) is 25.1. The van der Waals surface area contributed by atoms with Gasteiger partial charge in [-0.3, -0.25) is 4.79 Å². The maximum atomic E-state index is 12.8. The van der Waals surface area contributed by atoms with E-state index in [1.54, 1.807) is 13.0 Å². The number of aromatic hydroxyl groups is 2. The molecule has 8 nitrogen and oxygen atoms in total. The molecule has 0 spiro atoms. The second kappa shape index (κ2) is 7.22. The number of carboxylic acid groups (broad SMARTS) is 1. The number of hydrogen-bond acceptors (Lipinski definition) is 6. The van der Waals surface area contributed by atoms with Crippen molar-refractivity contribution in [2.24, 2.45) is 0 Å². The topological polar surface area (TPSA) is 117 Å². The third-order valence-corrected chi connectivity index (χ3v) is 3.97. The summed E-state index contributed by atoms with van der Waals surface area (Å²) in [5.41, 5.74) is 0.425. The third-order valence-electron chi connectivity index (χ3n) is 3.97. The number of nitrogens with zero attached hydrogens (tertiary/aromatic N) is 1. The van der Waals surface area contributed by atoms with Crippen LogP contribution in [-0.4, -0.2) is 48.5 Å². The maximum Gasteiger partial charge on any atom is 0.339 e. The van der Waals surface area contributed by atoms with Crippen LogP contribution in [0.3, 0.4) is 0 Å². The Hall–Kier alpha value is -3.42. The molecule has 26 heavy (non-hydrogen) atoms. The molecule has 0 atom stereocenters. The predicted molar refractivity (Wildman–Crippen MR) is 93.7 cm³/mol. The van der Waals surface area contributed by atoms with Crippen molar-refractivity contribution < 1.29 is 34.4 Å². The number of phenolic OH excluding ortho intramolecular Hbond substituents is 1. The molecule has 0 heterocycles. The molecule has 3 N–H and O–H groups in total. The van der Waals surface area contributed by atoms with Gasteiger partial charge in [-0.1, -0.05) is 6.07 Å². The summed E-state index contributed by atoms with van der Waals surface area (Å²) < 4.78 is 10.2. The molecule has 0 radical (unpaired) electrons. The number of hydrogen-bond donors (Lipinski definition) is 3. The predicted octanol–water partition coefficient (Wildman–Crippen LogP) is 2.40. The van der Waals surface area contributed by atoms with Crippen LogP contribution in [0.1, 0.15) is 26.3 Å². The normalized spacial score (nSPS) is 10.3. The zero-order chi connectivity index (χ0) is 19.6. The highest BCUT2D eigenvalue weighted by Crippen LogP contribution is 2.41. The largest absolute Gasteiger partial charge is 0.504 e. The van der Waals surface area contributed by atoms with E-state index in [2.05, 4.69) is 0 Å². The van der Waals surface area contributed by atoms with Crippen LogP contribution in [0.15, 0.2) is 24.3 Å². The van der Waals surface area contributed by atoms with E-state index in [4.69, 9.17) is 14.6 Å². The molecule has 8 heteroatoms. The molecule has 0 aliphatic heterocycles. The SMILES string of the molecule is COc1c(C)ccc(C(=O)N(C)c2ccc(C(=O)O)c(O)c2OC)c1O. The number of methoxy groups -OCH3 is 2. The van der Waals surface area contributed by atoms with Crippen molar-refractivity contribution in [2.45, 2.75) is 6.92 Å². The summed E-state index contributed by atoms with van der Waals surface area (Å²) in [5, 5.41) is 29.5. The van der Waals surface area contributed by atoms with Gasteiger partial charge >= 0.3 is 5.97 Å². The van der Waals surface area contributed by atoms with E-state index in [-0.39, 0.29) is 34.1 Å². The van der Waals surface area contributed by atoms with Crippen molar-refractivity contribution in [1.29, 1.82) is 0 Å². The molecule has 0 fully saturated rings. The van der Waals surface area contributed by atoms with E-state index >= 15 is 0 Å². The maximum absolute atomic E-state index is 12.8. The summed E-state index contributed by atoms with van der Waals surface area (Å²) in [6.07, 6.45) is 0. The molecule has 2 aromatic rings. The van der Waals surface area contributed by atoms with E-state index in [9.17, 15) is 19.8 Å². The zero-order valence-corrected chi connectivity index (χ0v) is 14.7. The minimum atomic E-state index is -1.33. The summed E-state index contributed by atoms with van der Waals surface area (Å²) in [6.45, 7) is 1.72. The van der Waals surface area contributed by atoms with E-state index in [1.807, 2.05) is 0 Å². The number of phenols is 2. The third kappa shape index (κ3) is 3.08. The summed E-state index contributed by atoms with van der Waals surface area (Å²) >= 11 is 0. The number of benzene rings is 2. The van der Waals surface area contributed by atoms with Crippen molar-refractivity contribution in [3.05, 3.63) is 41.0 Å². The zero-order valence-electron chi connectivity index (χ0n) is 14.7. The molecule has 0 unspecified atom stereocenters. The van der Waals surface area contributed by atoms with Crippen molar-refractivity contribution in [2.75, 3.05) is 26.2 Å². The van der Waals surface area contributed by atoms with E-state index < -0.39 is 17.6 Å². The van der Waals surface area contributed by atoms with Crippen molar-refractivity contribution in [3.8, 4) is 23.0 Å². The lowest BCUT2D eigenvalue weighted by molar-refractivity contribution is 0.0693. The Balaban J connectivity index is 2.53. The first-order valence-electron chi connectivity index (χ1n) is 7.52. The number of ether oxygens (including phenoxy) is 2. The van der Waals surface area contributed by atoms with E-state index in [1.165, 1.54) is 33.4 Å². The Morgan fingerprint density at radius 3 is 2.00 bits per heavy atom. The Kier molecular flexibility index (Phi) is 5.25. The molecule has 0 aromatic heterocycles. The van der Waals surface area contributed by atoms with Crippen molar-refractivity contribution in [1.82, 2.24) is 0 Å². The lowest BCUT2D eigenvalue weighted by Crippen LogP contribution is -2.27. The second-order valence-corrected chi connectivity index (χ2v) is 5.50.